The Morgan fingerprint density at radius 2 is 1.92 bits per heavy atom. The smallest absolute Gasteiger partial charge is 0.334 e. The highest BCUT2D eigenvalue weighted by Crippen LogP contribution is 2.26. The first-order valence-electron chi connectivity index (χ1n) is 8.66. The van der Waals surface area contributed by atoms with Gasteiger partial charge in [0.2, 0.25) is 0 Å². The maximum Gasteiger partial charge on any atom is 0.334 e. The van der Waals surface area contributed by atoms with E-state index in [0.29, 0.717) is 36.2 Å². The van der Waals surface area contributed by atoms with Crippen molar-refractivity contribution in [2.45, 2.75) is 45.4 Å². The van der Waals surface area contributed by atoms with E-state index in [1.807, 2.05) is 6.08 Å². The highest BCUT2D eigenvalue weighted by molar-refractivity contribution is 5.87. The summed E-state index contributed by atoms with van der Waals surface area (Å²) in [5.74, 6) is -0.407. The molecule has 4 nitrogen and oxygen atoms in total. The largest absolute Gasteiger partial charge is 0.451 e. The quantitative estimate of drug-likeness (QED) is 0.521. The Hall–Kier alpha value is -2.69. The van der Waals surface area contributed by atoms with Crippen molar-refractivity contribution in [2.75, 3.05) is 0 Å². The molecule has 0 heterocycles. The first-order valence-corrected chi connectivity index (χ1v) is 8.66. The van der Waals surface area contributed by atoms with E-state index in [1.165, 1.54) is 12.2 Å². The summed E-state index contributed by atoms with van der Waals surface area (Å²) in [5, 5.41) is 0. The van der Waals surface area contributed by atoms with E-state index >= 15 is 0 Å². The third kappa shape index (κ3) is 5.15. The Balaban J connectivity index is 2.02. The van der Waals surface area contributed by atoms with Gasteiger partial charge in [-0.1, -0.05) is 38.7 Å². The lowest BCUT2D eigenvalue weighted by Crippen LogP contribution is -2.28. The van der Waals surface area contributed by atoms with Gasteiger partial charge in [0.25, 0.3) is 0 Å². The van der Waals surface area contributed by atoms with E-state index in [1.54, 1.807) is 38.2 Å². The summed E-state index contributed by atoms with van der Waals surface area (Å²) >= 11 is 0. The number of carbonyl (C=O) groups is 2. The van der Waals surface area contributed by atoms with Gasteiger partial charge in [0.05, 0.1) is 0 Å². The molecular weight excluding hydrogens is 335 g/mol. The summed E-state index contributed by atoms with van der Waals surface area (Å²) in [4.78, 5) is 23.1. The summed E-state index contributed by atoms with van der Waals surface area (Å²) in [6, 6.07) is 0. The van der Waals surface area contributed by atoms with Crippen molar-refractivity contribution in [3.63, 3.8) is 0 Å². The van der Waals surface area contributed by atoms with Crippen LogP contribution in [0, 0.1) is 0 Å². The molecule has 0 saturated carbocycles. The fourth-order valence-electron chi connectivity index (χ4n) is 2.38. The van der Waals surface area contributed by atoms with Crippen molar-refractivity contribution in [3.05, 3.63) is 71.6 Å². The van der Waals surface area contributed by atoms with Crippen molar-refractivity contribution in [1.29, 1.82) is 0 Å². The van der Waals surface area contributed by atoms with Crippen LogP contribution in [0.1, 0.15) is 33.1 Å². The molecule has 5 heteroatoms. The van der Waals surface area contributed by atoms with Crippen molar-refractivity contribution in [2.24, 2.45) is 0 Å². The topological polar surface area (TPSA) is 52.6 Å². The fraction of sp³-hybridized carbons (Fsp3) is 0.333. The van der Waals surface area contributed by atoms with E-state index in [9.17, 15) is 14.0 Å². The fourth-order valence-corrected chi connectivity index (χ4v) is 2.38. The molecule has 26 heavy (non-hydrogen) atoms. The zero-order chi connectivity index (χ0) is 19.1. The minimum atomic E-state index is -1.44. The van der Waals surface area contributed by atoms with Gasteiger partial charge in [-0.2, -0.15) is 0 Å². The second kappa shape index (κ2) is 9.13. The molecule has 0 aromatic rings. The maximum absolute atomic E-state index is 14.4. The minimum absolute atomic E-state index is 0.299. The van der Waals surface area contributed by atoms with Gasteiger partial charge in [-0.3, -0.25) is 4.79 Å². The van der Waals surface area contributed by atoms with Crippen molar-refractivity contribution >= 4 is 11.9 Å². The molecule has 0 bridgehead atoms. The van der Waals surface area contributed by atoms with E-state index < -0.39 is 18.2 Å². The van der Waals surface area contributed by atoms with E-state index in [2.05, 4.69) is 6.58 Å². The van der Waals surface area contributed by atoms with Gasteiger partial charge in [-0.05, 0) is 48.3 Å². The summed E-state index contributed by atoms with van der Waals surface area (Å²) in [5.41, 5.74) is 1.81. The standard InChI is InChI=1S/C21H23FO4/c1-4-14(3)21(24)26-19-12-10-16(13-18(19)22)15-7-6-8-17(11-9-15)25-20(23)5-2/h7-13,18-19H,3-6H2,1-2H3/t18-,19+/m0/s1. The number of hydrogen-bond acceptors (Lipinski definition) is 4. The Morgan fingerprint density at radius 1 is 1.15 bits per heavy atom. The number of esters is 2. The van der Waals surface area contributed by atoms with Crippen LogP contribution < -0.4 is 0 Å². The number of alkyl halides is 1. The van der Waals surface area contributed by atoms with E-state index in [-0.39, 0.29) is 5.97 Å². The predicted molar refractivity (Wildman–Crippen MR) is 97.7 cm³/mol. The molecule has 0 aromatic carbocycles. The summed E-state index contributed by atoms with van der Waals surface area (Å²) in [7, 11) is 0. The summed E-state index contributed by atoms with van der Waals surface area (Å²) in [6.45, 7) is 7.11. The number of ether oxygens (including phenoxy) is 2. The van der Waals surface area contributed by atoms with Gasteiger partial charge >= 0.3 is 11.9 Å². The van der Waals surface area contributed by atoms with Gasteiger partial charge in [0.15, 0.2) is 12.3 Å². The van der Waals surface area contributed by atoms with Crippen LogP contribution in [-0.4, -0.2) is 24.2 Å². The second-order valence-corrected chi connectivity index (χ2v) is 5.92. The summed E-state index contributed by atoms with van der Waals surface area (Å²) in [6.07, 6.45) is 10.8. The number of halogens is 1. The molecule has 0 unspecified atom stereocenters. The molecule has 2 rings (SSSR count). The van der Waals surface area contributed by atoms with Gasteiger partial charge in [0, 0.05) is 12.0 Å². The normalized spacial score (nSPS) is 21.9. The van der Waals surface area contributed by atoms with Crippen LogP contribution in [-0.2, 0) is 19.1 Å². The van der Waals surface area contributed by atoms with Crippen LogP contribution in [0.25, 0.3) is 0 Å². The van der Waals surface area contributed by atoms with Crippen LogP contribution in [0.15, 0.2) is 71.6 Å². The van der Waals surface area contributed by atoms with Crippen molar-refractivity contribution in [1.82, 2.24) is 0 Å². The van der Waals surface area contributed by atoms with Crippen LogP contribution in [0.2, 0.25) is 0 Å². The SMILES string of the molecule is C=C(CC)C(=O)O[C@@H]1C=CC(C2=CCC=C(OC(=O)CC)C=C2)=C[C@@H]1F. The molecule has 0 saturated heterocycles. The molecule has 0 amide bonds. The average Bonchev–Trinajstić information content (AvgIpc) is 2.88. The highest BCUT2D eigenvalue weighted by atomic mass is 19.1. The van der Waals surface area contributed by atoms with Gasteiger partial charge < -0.3 is 9.47 Å². The van der Waals surface area contributed by atoms with Crippen LogP contribution in [0.4, 0.5) is 4.39 Å². The molecule has 138 valence electrons. The minimum Gasteiger partial charge on any atom is -0.451 e. The molecule has 0 aliphatic heterocycles. The molecule has 0 aromatic heterocycles. The molecule has 0 spiro atoms. The van der Waals surface area contributed by atoms with Gasteiger partial charge in [0.1, 0.15) is 5.76 Å². The number of allylic oxidation sites excluding steroid dienone is 7. The molecule has 2 aliphatic rings. The number of rotatable bonds is 6. The van der Waals surface area contributed by atoms with E-state index in [4.69, 9.17) is 9.47 Å². The van der Waals surface area contributed by atoms with Crippen molar-refractivity contribution < 1.29 is 23.5 Å². The maximum atomic E-state index is 14.4. The summed E-state index contributed by atoms with van der Waals surface area (Å²) < 4.78 is 24.7. The zero-order valence-corrected chi connectivity index (χ0v) is 15.0. The molecule has 2 atom stereocenters. The van der Waals surface area contributed by atoms with Crippen molar-refractivity contribution in [3.8, 4) is 0 Å². The zero-order valence-electron chi connectivity index (χ0n) is 15.0. The number of hydrogen-bond donors (Lipinski definition) is 0. The third-order valence-electron chi connectivity index (χ3n) is 4.01. The highest BCUT2D eigenvalue weighted by Gasteiger charge is 2.25. The molecular formula is C21H23FO4. The third-order valence-corrected chi connectivity index (χ3v) is 4.01. The molecule has 0 N–H and O–H groups in total. The lowest BCUT2D eigenvalue weighted by atomic mass is 9.96. The molecule has 0 radical (unpaired) electrons. The van der Waals surface area contributed by atoms with Gasteiger partial charge in [-0.15, -0.1) is 0 Å². The Kier molecular flexibility index (Phi) is 6.89. The Labute approximate surface area is 153 Å². The first kappa shape index (κ1) is 19.6. The van der Waals surface area contributed by atoms with Crippen LogP contribution in [0.3, 0.4) is 0 Å². The Bertz CT molecular complexity index is 737. The average molecular weight is 358 g/mol. The van der Waals surface area contributed by atoms with Gasteiger partial charge in [-0.25, -0.2) is 9.18 Å². The van der Waals surface area contributed by atoms with E-state index in [0.717, 1.165) is 5.57 Å². The van der Waals surface area contributed by atoms with Crippen LogP contribution in [0.5, 0.6) is 0 Å². The number of carbonyl (C=O) groups excluding carboxylic acids is 2. The predicted octanol–water partition coefficient (Wildman–Crippen LogP) is 4.42. The van der Waals surface area contributed by atoms with Crippen LogP contribution >= 0.6 is 0 Å². The molecule has 2 aliphatic carbocycles. The lowest BCUT2D eigenvalue weighted by Gasteiger charge is -2.21. The Morgan fingerprint density at radius 3 is 2.58 bits per heavy atom. The second-order valence-electron chi connectivity index (χ2n) is 5.92. The monoisotopic (exact) mass is 358 g/mol. The lowest BCUT2D eigenvalue weighted by molar-refractivity contribution is -0.144. The first-order chi connectivity index (χ1) is 12.4. The molecule has 0 fully saturated rings.